The van der Waals surface area contributed by atoms with Crippen molar-refractivity contribution in [2.24, 2.45) is 0 Å². The Morgan fingerprint density at radius 2 is 1.79 bits per heavy atom. The standard InChI is InChI=1S/C24H21N9O2.C2HF3O2/c1-35-17-4-2-3-15(11-17)12-28-22(34)19-14-33-13-16(5-6-21(33)29-19)18-7-9-27-24(30-18)32-20-8-10-26-23(25)31-20;3-2(4,5)1(6)7/h2-11,13-14H,12H2,1H3,(H,28,34)(H3,25,26,27,30,31,32);(H,6,7). The van der Waals surface area contributed by atoms with Gasteiger partial charge in [0.15, 0.2) is 0 Å². The molecule has 0 unspecified atom stereocenters. The van der Waals surface area contributed by atoms with Gasteiger partial charge in [-0.15, -0.1) is 0 Å². The molecule has 5 rings (SSSR count). The maximum atomic E-state index is 12.7. The fraction of sp³-hybridized carbons (Fsp3) is 0.115. The van der Waals surface area contributed by atoms with Gasteiger partial charge in [0, 0.05) is 36.9 Å². The number of nitrogens with two attached hydrogens (primary N) is 1. The van der Waals surface area contributed by atoms with Crippen LogP contribution in [0.2, 0.25) is 0 Å². The van der Waals surface area contributed by atoms with Gasteiger partial charge in [0.25, 0.3) is 5.91 Å². The lowest BCUT2D eigenvalue weighted by molar-refractivity contribution is -0.192. The Hall–Kier alpha value is -5.80. The number of hydrogen-bond donors (Lipinski definition) is 4. The van der Waals surface area contributed by atoms with Gasteiger partial charge < -0.3 is 30.6 Å². The lowest BCUT2D eigenvalue weighted by Crippen LogP contribution is -2.23. The quantitative estimate of drug-likeness (QED) is 0.221. The number of hydrogen-bond acceptors (Lipinski definition) is 10. The topological polar surface area (TPSA) is 183 Å². The van der Waals surface area contributed by atoms with Crippen LogP contribution in [0.25, 0.3) is 16.9 Å². The van der Waals surface area contributed by atoms with Crippen molar-refractivity contribution in [1.82, 2.24) is 34.6 Å². The number of fused-ring (bicyclic) bond motifs is 1. The highest BCUT2D eigenvalue weighted by Crippen LogP contribution is 2.20. The Morgan fingerprint density at radius 3 is 2.50 bits per heavy atom. The Morgan fingerprint density at radius 1 is 1.02 bits per heavy atom. The number of nitrogens with one attached hydrogen (secondary N) is 2. The highest BCUT2D eigenvalue weighted by atomic mass is 19.4. The lowest BCUT2D eigenvalue weighted by atomic mass is 10.2. The predicted octanol–water partition coefficient (Wildman–Crippen LogP) is 3.48. The fourth-order valence-corrected chi connectivity index (χ4v) is 3.45. The second kappa shape index (κ2) is 12.6. The lowest BCUT2D eigenvalue weighted by Gasteiger charge is -2.06. The van der Waals surface area contributed by atoms with Crippen LogP contribution < -0.4 is 21.1 Å². The minimum Gasteiger partial charge on any atom is -0.497 e. The Bertz CT molecular complexity index is 1730. The van der Waals surface area contributed by atoms with Crippen LogP contribution in [-0.2, 0) is 11.3 Å². The summed E-state index contributed by atoms with van der Waals surface area (Å²) in [6.07, 6.45) is 1.65. The molecular formula is C26H22F3N9O4. The number of anilines is 3. The molecule has 0 aliphatic heterocycles. The van der Waals surface area contributed by atoms with Crippen LogP contribution in [0.1, 0.15) is 16.1 Å². The third kappa shape index (κ3) is 7.65. The SMILES string of the molecule is COc1cccc(CNC(=O)c2cn3cc(-c4ccnc(Nc5ccnc(N)n5)n4)ccc3n2)c1.O=C(O)C(F)(F)F. The van der Waals surface area contributed by atoms with E-state index in [1.54, 1.807) is 42.2 Å². The molecule has 0 aliphatic rings. The summed E-state index contributed by atoms with van der Waals surface area (Å²) in [7, 11) is 1.61. The fourth-order valence-electron chi connectivity index (χ4n) is 3.45. The zero-order valence-electron chi connectivity index (χ0n) is 21.7. The number of nitrogens with zero attached hydrogens (tertiary/aromatic N) is 6. The van der Waals surface area contributed by atoms with E-state index in [-0.39, 0.29) is 11.9 Å². The van der Waals surface area contributed by atoms with Crippen molar-refractivity contribution < 1.29 is 32.6 Å². The van der Waals surface area contributed by atoms with Crippen LogP contribution in [-0.4, -0.2) is 59.6 Å². The van der Waals surface area contributed by atoms with E-state index in [1.165, 1.54) is 0 Å². The van der Waals surface area contributed by atoms with Gasteiger partial charge in [-0.3, -0.25) is 4.79 Å². The Kier molecular flexibility index (Phi) is 8.75. The Balaban J connectivity index is 0.000000517. The van der Waals surface area contributed by atoms with Gasteiger partial charge in [-0.05, 0) is 42.0 Å². The minimum absolute atomic E-state index is 0.153. The molecule has 0 saturated heterocycles. The molecule has 42 heavy (non-hydrogen) atoms. The number of imidazole rings is 1. The number of benzene rings is 1. The van der Waals surface area contributed by atoms with Gasteiger partial charge in [-0.25, -0.2) is 24.7 Å². The number of carbonyl (C=O) groups is 2. The van der Waals surface area contributed by atoms with Crippen molar-refractivity contribution in [3.63, 3.8) is 0 Å². The van der Waals surface area contributed by atoms with Crippen molar-refractivity contribution >= 4 is 35.2 Å². The summed E-state index contributed by atoms with van der Waals surface area (Å²) in [5, 5.41) is 13.0. The van der Waals surface area contributed by atoms with Gasteiger partial charge >= 0.3 is 12.1 Å². The van der Waals surface area contributed by atoms with E-state index in [9.17, 15) is 18.0 Å². The van der Waals surface area contributed by atoms with Gasteiger partial charge in [0.05, 0.1) is 12.8 Å². The number of aliphatic carboxylic acids is 1. The number of carboxylic acids is 1. The number of ether oxygens (including phenoxy) is 1. The first-order chi connectivity index (χ1) is 20.0. The molecule has 16 heteroatoms. The van der Waals surface area contributed by atoms with E-state index < -0.39 is 12.1 Å². The monoisotopic (exact) mass is 581 g/mol. The van der Waals surface area contributed by atoms with E-state index >= 15 is 0 Å². The van der Waals surface area contributed by atoms with Gasteiger partial charge in [-0.2, -0.15) is 18.2 Å². The molecule has 0 saturated carbocycles. The third-order valence-corrected chi connectivity index (χ3v) is 5.38. The third-order valence-electron chi connectivity index (χ3n) is 5.38. The average Bonchev–Trinajstić information content (AvgIpc) is 3.40. The second-order valence-corrected chi connectivity index (χ2v) is 8.34. The summed E-state index contributed by atoms with van der Waals surface area (Å²) >= 11 is 0. The molecule has 0 fully saturated rings. The van der Waals surface area contributed by atoms with E-state index in [0.717, 1.165) is 16.9 Å². The van der Waals surface area contributed by atoms with Crippen LogP contribution in [0.3, 0.4) is 0 Å². The van der Waals surface area contributed by atoms with Crippen LogP contribution in [0.5, 0.6) is 5.75 Å². The molecule has 13 nitrogen and oxygen atoms in total. The number of carbonyl (C=O) groups excluding carboxylic acids is 1. The molecule has 0 aliphatic carbocycles. The van der Waals surface area contributed by atoms with Gasteiger partial charge in [0.1, 0.15) is 22.9 Å². The summed E-state index contributed by atoms with van der Waals surface area (Å²) in [6.45, 7) is 0.365. The second-order valence-electron chi connectivity index (χ2n) is 8.34. The number of aromatic nitrogens is 6. The van der Waals surface area contributed by atoms with Crippen molar-refractivity contribution in [2.45, 2.75) is 12.7 Å². The molecule has 0 spiro atoms. The highest BCUT2D eigenvalue weighted by molar-refractivity contribution is 5.92. The maximum absolute atomic E-state index is 12.7. The zero-order chi connectivity index (χ0) is 30.3. The average molecular weight is 582 g/mol. The number of rotatable bonds is 7. The molecular weight excluding hydrogens is 559 g/mol. The van der Waals surface area contributed by atoms with E-state index in [0.29, 0.717) is 35.3 Å². The number of methoxy groups -OCH3 is 1. The van der Waals surface area contributed by atoms with Crippen LogP contribution in [0.4, 0.5) is 30.9 Å². The first kappa shape index (κ1) is 29.2. The number of pyridine rings is 1. The van der Waals surface area contributed by atoms with E-state index in [2.05, 4.69) is 35.6 Å². The number of amides is 1. The summed E-state index contributed by atoms with van der Waals surface area (Å²) in [5.41, 5.74) is 9.02. The molecule has 4 aromatic heterocycles. The molecule has 0 bridgehead atoms. The van der Waals surface area contributed by atoms with E-state index in [4.69, 9.17) is 20.4 Å². The molecule has 0 atom stereocenters. The number of nitrogen functional groups attached to an aromatic ring is 1. The molecule has 5 aromatic rings. The summed E-state index contributed by atoms with van der Waals surface area (Å²) < 4.78 is 38.7. The van der Waals surface area contributed by atoms with Crippen molar-refractivity contribution in [1.29, 1.82) is 0 Å². The molecule has 0 radical (unpaired) electrons. The normalized spacial score (nSPS) is 10.9. The highest BCUT2D eigenvalue weighted by Gasteiger charge is 2.38. The van der Waals surface area contributed by atoms with Crippen molar-refractivity contribution in [2.75, 3.05) is 18.2 Å². The summed E-state index contributed by atoms with van der Waals surface area (Å²) in [5.74, 6) is -1.28. The molecule has 5 N–H and O–H groups in total. The van der Waals surface area contributed by atoms with Crippen molar-refractivity contribution in [3.8, 4) is 17.0 Å². The first-order valence-corrected chi connectivity index (χ1v) is 11.9. The molecule has 4 heterocycles. The smallest absolute Gasteiger partial charge is 0.490 e. The maximum Gasteiger partial charge on any atom is 0.490 e. The molecule has 1 amide bonds. The first-order valence-electron chi connectivity index (χ1n) is 11.9. The molecule has 216 valence electrons. The van der Waals surface area contributed by atoms with Crippen LogP contribution >= 0.6 is 0 Å². The van der Waals surface area contributed by atoms with Gasteiger partial charge in [-0.1, -0.05) is 12.1 Å². The number of halogens is 3. The largest absolute Gasteiger partial charge is 0.497 e. The van der Waals surface area contributed by atoms with Gasteiger partial charge in [0.2, 0.25) is 11.9 Å². The molecule has 1 aromatic carbocycles. The van der Waals surface area contributed by atoms with E-state index in [1.807, 2.05) is 42.6 Å². The van der Waals surface area contributed by atoms with Crippen LogP contribution in [0, 0.1) is 0 Å². The number of alkyl halides is 3. The predicted molar refractivity (Wildman–Crippen MR) is 144 cm³/mol. The summed E-state index contributed by atoms with van der Waals surface area (Å²) in [6, 6.07) is 14.7. The number of carboxylic acid groups (broad SMARTS) is 1. The minimum atomic E-state index is -5.08. The van der Waals surface area contributed by atoms with Crippen LogP contribution in [0.15, 0.2) is 73.3 Å². The van der Waals surface area contributed by atoms with Crippen molar-refractivity contribution in [3.05, 3.63) is 84.6 Å². The Labute approximate surface area is 235 Å². The summed E-state index contributed by atoms with van der Waals surface area (Å²) in [4.78, 5) is 42.7. The zero-order valence-corrected chi connectivity index (χ0v) is 21.7.